The van der Waals surface area contributed by atoms with Crippen molar-refractivity contribution in [3.63, 3.8) is 0 Å². The molecule has 0 N–H and O–H groups in total. The zero-order valence-corrected chi connectivity index (χ0v) is 13.6. The molecule has 7 nitrogen and oxygen atoms in total. The van der Waals surface area contributed by atoms with Gasteiger partial charge in [0.1, 0.15) is 5.92 Å². The van der Waals surface area contributed by atoms with Gasteiger partial charge in [-0.2, -0.15) is 0 Å². The van der Waals surface area contributed by atoms with Crippen LogP contribution in [0.5, 0.6) is 0 Å². The third-order valence-electron chi connectivity index (χ3n) is 3.35. The second-order valence-electron chi connectivity index (χ2n) is 4.95. The van der Waals surface area contributed by atoms with Crippen LogP contribution in [0.25, 0.3) is 0 Å². The van der Waals surface area contributed by atoms with E-state index in [0.29, 0.717) is 0 Å². The SMILES string of the molecule is CCOC(=O)C[C@@H]1CC(=O)[C@@H](C(=O)OCC)C=C1C(=O)OCC. The van der Waals surface area contributed by atoms with Gasteiger partial charge in [0.2, 0.25) is 0 Å². The van der Waals surface area contributed by atoms with Gasteiger partial charge >= 0.3 is 17.9 Å². The first-order valence-electron chi connectivity index (χ1n) is 7.68. The predicted molar refractivity (Wildman–Crippen MR) is 79.2 cm³/mol. The van der Waals surface area contributed by atoms with Crippen LogP contribution in [0, 0.1) is 11.8 Å². The molecule has 23 heavy (non-hydrogen) atoms. The van der Waals surface area contributed by atoms with Gasteiger partial charge in [0.15, 0.2) is 5.78 Å². The van der Waals surface area contributed by atoms with E-state index < -0.39 is 29.7 Å². The summed E-state index contributed by atoms with van der Waals surface area (Å²) in [5, 5.41) is 0. The number of esters is 3. The van der Waals surface area contributed by atoms with E-state index in [1.54, 1.807) is 20.8 Å². The van der Waals surface area contributed by atoms with Crippen molar-refractivity contribution in [2.75, 3.05) is 19.8 Å². The number of ketones is 1. The van der Waals surface area contributed by atoms with Gasteiger partial charge in [-0.05, 0) is 20.8 Å². The van der Waals surface area contributed by atoms with Crippen molar-refractivity contribution in [3.8, 4) is 0 Å². The molecule has 7 heteroatoms. The van der Waals surface area contributed by atoms with Gasteiger partial charge < -0.3 is 14.2 Å². The lowest BCUT2D eigenvalue weighted by Gasteiger charge is -2.25. The van der Waals surface area contributed by atoms with Gasteiger partial charge in [-0.1, -0.05) is 6.08 Å². The van der Waals surface area contributed by atoms with Crippen LogP contribution in [0.4, 0.5) is 0 Å². The normalized spacial score (nSPS) is 20.5. The van der Waals surface area contributed by atoms with E-state index in [1.807, 2.05) is 0 Å². The highest BCUT2D eigenvalue weighted by Crippen LogP contribution is 2.30. The van der Waals surface area contributed by atoms with E-state index in [0.717, 1.165) is 0 Å². The largest absolute Gasteiger partial charge is 0.466 e. The molecular weight excluding hydrogens is 304 g/mol. The Hall–Kier alpha value is -2.18. The van der Waals surface area contributed by atoms with Gasteiger partial charge in [0.25, 0.3) is 0 Å². The molecule has 0 amide bonds. The Morgan fingerprint density at radius 2 is 1.65 bits per heavy atom. The smallest absolute Gasteiger partial charge is 0.334 e. The second-order valence-corrected chi connectivity index (χ2v) is 4.95. The molecule has 0 bridgehead atoms. The number of hydrogen-bond acceptors (Lipinski definition) is 7. The van der Waals surface area contributed by atoms with Crippen LogP contribution < -0.4 is 0 Å². The molecule has 0 aromatic rings. The fourth-order valence-electron chi connectivity index (χ4n) is 2.37. The minimum absolute atomic E-state index is 0.104. The lowest BCUT2D eigenvalue weighted by Crippen LogP contribution is -2.34. The third kappa shape index (κ3) is 5.19. The van der Waals surface area contributed by atoms with E-state index in [9.17, 15) is 19.2 Å². The summed E-state index contributed by atoms with van der Waals surface area (Å²) in [4.78, 5) is 47.7. The molecule has 1 aliphatic carbocycles. The highest BCUT2D eigenvalue weighted by molar-refractivity contribution is 6.05. The molecule has 1 aliphatic rings. The van der Waals surface area contributed by atoms with Crippen LogP contribution >= 0.6 is 0 Å². The van der Waals surface area contributed by atoms with E-state index in [4.69, 9.17) is 14.2 Å². The second kappa shape index (κ2) is 9.07. The Morgan fingerprint density at radius 1 is 1.04 bits per heavy atom. The maximum absolute atomic E-state index is 12.1. The maximum atomic E-state index is 12.1. The molecule has 0 fully saturated rings. The average Bonchev–Trinajstić information content (AvgIpc) is 2.47. The molecule has 1 rings (SSSR count). The van der Waals surface area contributed by atoms with E-state index >= 15 is 0 Å². The van der Waals surface area contributed by atoms with Crippen molar-refractivity contribution in [3.05, 3.63) is 11.6 Å². The summed E-state index contributed by atoms with van der Waals surface area (Å²) in [7, 11) is 0. The van der Waals surface area contributed by atoms with Crippen molar-refractivity contribution in [1.82, 2.24) is 0 Å². The van der Waals surface area contributed by atoms with Gasteiger partial charge in [-0.25, -0.2) is 4.79 Å². The van der Waals surface area contributed by atoms with E-state index in [-0.39, 0.29) is 44.0 Å². The summed E-state index contributed by atoms with van der Waals surface area (Å²) in [5.41, 5.74) is 0.151. The van der Waals surface area contributed by atoms with Gasteiger partial charge in [0.05, 0.1) is 26.2 Å². The minimum Gasteiger partial charge on any atom is -0.466 e. The first-order valence-corrected chi connectivity index (χ1v) is 7.68. The third-order valence-corrected chi connectivity index (χ3v) is 3.35. The van der Waals surface area contributed by atoms with E-state index in [1.165, 1.54) is 6.08 Å². The van der Waals surface area contributed by atoms with E-state index in [2.05, 4.69) is 0 Å². The Bertz CT molecular complexity index is 507. The Morgan fingerprint density at radius 3 is 2.22 bits per heavy atom. The number of ether oxygens (including phenoxy) is 3. The summed E-state index contributed by atoms with van der Waals surface area (Å²) in [6, 6.07) is 0. The highest BCUT2D eigenvalue weighted by Gasteiger charge is 2.38. The number of hydrogen-bond donors (Lipinski definition) is 0. The molecule has 0 aromatic heterocycles. The van der Waals surface area contributed by atoms with Crippen LogP contribution in [0.2, 0.25) is 0 Å². The minimum atomic E-state index is -1.13. The molecule has 0 radical (unpaired) electrons. The quantitative estimate of drug-likeness (QED) is 0.394. The fraction of sp³-hybridized carbons (Fsp3) is 0.625. The van der Waals surface area contributed by atoms with Crippen LogP contribution in [-0.2, 0) is 33.4 Å². The van der Waals surface area contributed by atoms with Gasteiger partial charge in [-0.3, -0.25) is 14.4 Å². The Balaban J connectivity index is 3.04. The topological polar surface area (TPSA) is 96.0 Å². The van der Waals surface area contributed by atoms with Crippen LogP contribution in [0.1, 0.15) is 33.6 Å². The summed E-state index contributed by atoms with van der Waals surface area (Å²) >= 11 is 0. The molecule has 0 unspecified atom stereocenters. The molecule has 128 valence electrons. The molecule has 2 atom stereocenters. The molecule has 0 aliphatic heterocycles. The standard InChI is InChI=1S/C16H22O7/c1-4-21-14(18)8-10-7-13(17)12(16(20)23-6-3)9-11(10)15(19)22-5-2/h9-10,12H,4-8H2,1-3H3/t10-,12-/m0/s1. The van der Waals surface area contributed by atoms with Crippen LogP contribution in [0.15, 0.2) is 11.6 Å². The van der Waals surface area contributed by atoms with Crippen molar-refractivity contribution in [1.29, 1.82) is 0 Å². The van der Waals surface area contributed by atoms with Crippen molar-refractivity contribution in [2.24, 2.45) is 11.8 Å². The highest BCUT2D eigenvalue weighted by atomic mass is 16.5. The predicted octanol–water partition coefficient (Wildman–Crippen LogP) is 1.20. The molecule has 0 spiro atoms. The zero-order valence-electron chi connectivity index (χ0n) is 13.6. The van der Waals surface area contributed by atoms with Gasteiger partial charge in [-0.15, -0.1) is 0 Å². The zero-order chi connectivity index (χ0) is 17.4. The number of carbonyl (C=O) groups is 4. The van der Waals surface area contributed by atoms with Crippen molar-refractivity contribution < 1.29 is 33.4 Å². The first kappa shape index (κ1) is 18.9. The Labute approximate surface area is 135 Å². The summed E-state index contributed by atoms with van der Waals surface area (Å²) in [6.07, 6.45) is 1.04. The fourth-order valence-corrected chi connectivity index (χ4v) is 2.37. The first-order chi connectivity index (χ1) is 10.9. The lowest BCUT2D eigenvalue weighted by atomic mass is 9.79. The Kier molecular flexibility index (Phi) is 7.44. The average molecular weight is 326 g/mol. The number of Topliss-reactive ketones (excluding diaryl/α,β-unsaturated/α-hetero) is 1. The summed E-state index contributed by atoms with van der Waals surface area (Å²) in [5.74, 6) is -4.00. The van der Waals surface area contributed by atoms with Crippen LogP contribution in [-0.4, -0.2) is 43.5 Å². The van der Waals surface area contributed by atoms with Gasteiger partial charge in [0, 0.05) is 17.9 Å². The monoisotopic (exact) mass is 326 g/mol. The molecule has 0 aromatic carbocycles. The molecule has 0 saturated carbocycles. The molecule has 0 heterocycles. The number of rotatable bonds is 7. The lowest BCUT2D eigenvalue weighted by molar-refractivity contribution is -0.150. The maximum Gasteiger partial charge on any atom is 0.334 e. The summed E-state index contributed by atoms with van der Waals surface area (Å²) < 4.78 is 14.7. The summed E-state index contributed by atoms with van der Waals surface area (Å²) in [6.45, 7) is 5.45. The van der Waals surface area contributed by atoms with Crippen molar-refractivity contribution in [2.45, 2.75) is 33.6 Å². The molecule has 0 saturated heterocycles. The van der Waals surface area contributed by atoms with Crippen molar-refractivity contribution >= 4 is 23.7 Å². The number of carbonyl (C=O) groups excluding carboxylic acids is 4. The van der Waals surface area contributed by atoms with Crippen LogP contribution in [0.3, 0.4) is 0 Å². The molecular formula is C16H22O7.